The fourth-order valence-corrected chi connectivity index (χ4v) is 3.13. The number of rotatable bonds is 5. The van der Waals surface area contributed by atoms with E-state index in [1.54, 1.807) is 24.3 Å². The van der Waals surface area contributed by atoms with E-state index in [0.29, 0.717) is 23.9 Å². The highest BCUT2D eigenvalue weighted by molar-refractivity contribution is 5.73. The summed E-state index contributed by atoms with van der Waals surface area (Å²) >= 11 is 0. The fraction of sp³-hybridized carbons (Fsp3) is 0.333. The molecular weight excluding hydrogens is 350 g/mol. The third-order valence-electron chi connectivity index (χ3n) is 4.49. The molecule has 3 heterocycles. The second kappa shape index (κ2) is 7.20. The molecule has 0 bridgehead atoms. The van der Waals surface area contributed by atoms with E-state index in [0.717, 1.165) is 24.0 Å². The average molecular weight is 369 g/mol. The van der Waals surface area contributed by atoms with Crippen LogP contribution in [-0.2, 0) is 4.74 Å². The van der Waals surface area contributed by atoms with E-state index < -0.39 is 11.2 Å². The first-order valence-corrected chi connectivity index (χ1v) is 8.68. The van der Waals surface area contributed by atoms with Crippen molar-refractivity contribution in [2.24, 2.45) is 0 Å². The Morgan fingerprint density at radius 2 is 2.22 bits per heavy atom. The molecule has 1 aliphatic heterocycles. The van der Waals surface area contributed by atoms with Gasteiger partial charge in [-0.1, -0.05) is 12.1 Å². The number of aromatic amines is 1. The number of benzene rings is 1. The minimum absolute atomic E-state index is 0.127. The van der Waals surface area contributed by atoms with Gasteiger partial charge in [0, 0.05) is 19.3 Å². The van der Waals surface area contributed by atoms with Crippen molar-refractivity contribution in [2.45, 2.75) is 18.9 Å². The molecule has 0 radical (unpaired) electrons. The van der Waals surface area contributed by atoms with E-state index in [9.17, 15) is 9.59 Å². The van der Waals surface area contributed by atoms with Crippen LogP contribution in [0.3, 0.4) is 0 Å². The van der Waals surface area contributed by atoms with Crippen LogP contribution in [0.15, 0.2) is 40.1 Å². The molecule has 2 N–H and O–H groups in total. The zero-order valence-electron chi connectivity index (χ0n) is 14.8. The highest BCUT2D eigenvalue weighted by Gasteiger charge is 2.17. The molecule has 1 aliphatic rings. The van der Waals surface area contributed by atoms with Crippen molar-refractivity contribution >= 4 is 17.0 Å². The second-order valence-electron chi connectivity index (χ2n) is 6.21. The number of hydrogen-bond donors (Lipinski definition) is 2. The molecule has 0 amide bonds. The van der Waals surface area contributed by atoms with Gasteiger partial charge in [-0.05, 0) is 25.0 Å². The first-order chi connectivity index (χ1) is 13.2. The molecular formula is C18H19N5O4. The average Bonchev–Trinajstić information content (AvgIpc) is 3.20. The van der Waals surface area contributed by atoms with Crippen molar-refractivity contribution in [1.29, 1.82) is 0 Å². The first kappa shape index (κ1) is 17.2. The van der Waals surface area contributed by atoms with Gasteiger partial charge < -0.3 is 14.8 Å². The number of methoxy groups -OCH3 is 1. The van der Waals surface area contributed by atoms with E-state index >= 15 is 0 Å². The highest BCUT2D eigenvalue weighted by Crippen LogP contribution is 2.19. The van der Waals surface area contributed by atoms with Crippen LogP contribution in [0.25, 0.3) is 16.7 Å². The minimum atomic E-state index is -0.597. The highest BCUT2D eigenvalue weighted by atomic mass is 16.5. The number of nitrogens with one attached hydrogen (secondary N) is 2. The first-order valence-electron chi connectivity index (χ1n) is 8.68. The topological polar surface area (TPSA) is 111 Å². The number of nitrogens with zero attached hydrogens (tertiary/aromatic N) is 3. The van der Waals surface area contributed by atoms with Crippen LogP contribution in [0.1, 0.15) is 12.8 Å². The van der Waals surface area contributed by atoms with Crippen molar-refractivity contribution in [3.63, 3.8) is 0 Å². The lowest BCUT2D eigenvalue weighted by Gasteiger charge is -2.12. The van der Waals surface area contributed by atoms with Gasteiger partial charge in [0.1, 0.15) is 11.1 Å². The molecule has 140 valence electrons. The van der Waals surface area contributed by atoms with Crippen LogP contribution < -0.4 is 21.3 Å². The maximum atomic E-state index is 12.9. The summed E-state index contributed by atoms with van der Waals surface area (Å²) in [5.41, 5.74) is -0.570. The van der Waals surface area contributed by atoms with Crippen LogP contribution in [0.2, 0.25) is 0 Å². The van der Waals surface area contributed by atoms with Crippen molar-refractivity contribution in [3.05, 3.63) is 51.3 Å². The van der Waals surface area contributed by atoms with Crippen molar-refractivity contribution in [3.8, 4) is 11.4 Å². The van der Waals surface area contributed by atoms with E-state index in [4.69, 9.17) is 9.47 Å². The van der Waals surface area contributed by atoms with Gasteiger partial charge in [0.05, 0.1) is 18.9 Å². The number of hydrogen-bond acceptors (Lipinski definition) is 7. The number of aromatic nitrogens is 4. The van der Waals surface area contributed by atoms with Crippen LogP contribution in [-0.4, -0.2) is 45.9 Å². The van der Waals surface area contributed by atoms with Gasteiger partial charge in [0.15, 0.2) is 5.65 Å². The zero-order chi connectivity index (χ0) is 18.8. The Morgan fingerprint density at radius 3 is 3.00 bits per heavy atom. The van der Waals surface area contributed by atoms with Crippen molar-refractivity contribution in [2.75, 3.05) is 25.6 Å². The summed E-state index contributed by atoms with van der Waals surface area (Å²) in [7, 11) is 1.48. The molecule has 1 fully saturated rings. The maximum Gasteiger partial charge on any atom is 0.334 e. The van der Waals surface area contributed by atoms with Gasteiger partial charge in [-0.15, -0.1) is 0 Å². The largest absolute Gasteiger partial charge is 0.495 e. The summed E-state index contributed by atoms with van der Waals surface area (Å²) in [5.74, 6) is 0.753. The zero-order valence-corrected chi connectivity index (χ0v) is 14.8. The van der Waals surface area contributed by atoms with Gasteiger partial charge in [-0.25, -0.2) is 14.3 Å². The summed E-state index contributed by atoms with van der Waals surface area (Å²) in [6.07, 6.45) is 3.56. The van der Waals surface area contributed by atoms with Gasteiger partial charge in [0.25, 0.3) is 5.56 Å². The molecule has 9 nitrogen and oxygen atoms in total. The summed E-state index contributed by atoms with van der Waals surface area (Å²) in [6.45, 7) is 1.34. The van der Waals surface area contributed by atoms with E-state index in [1.807, 2.05) is 0 Å². The summed E-state index contributed by atoms with van der Waals surface area (Å²) in [4.78, 5) is 36.5. The molecule has 27 heavy (non-hydrogen) atoms. The fourth-order valence-electron chi connectivity index (χ4n) is 3.13. The van der Waals surface area contributed by atoms with E-state index in [1.165, 1.54) is 13.3 Å². The Labute approximate surface area is 154 Å². The lowest BCUT2D eigenvalue weighted by Crippen LogP contribution is -2.34. The third kappa shape index (κ3) is 3.28. The number of fused-ring (bicyclic) bond motifs is 1. The normalized spacial score (nSPS) is 16.6. The van der Waals surface area contributed by atoms with Crippen LogP contribution in [0.4, 0.5) is 5.95 Å². The third-order valence-corrected chi connectivity index (χ3v) is 4.49. The second-order valence-corrected chi connectivity index (χ2v) is 6.21. The summed E-state index contributed by atoms with van der Waals surface area (Å²) < 4.78 is 11.8. The van der Waals surface area contributed by atoms with E-state index in [-0.39, 0.29) is 17.1 Å². The maximum absolute atomic E-state index is 12.9. The lowest BCUT2D eigenvalue weighted by atomic mass is 10.2. The van der Waals surface area contributed by atoms with Gasteiger partial charge in [-0.3, -0.25) is 9.78 Å². The molecule has 3 aromatic rings. The lowest BCUT2D eigenvalue weighted by molar-refractivity contribution is 0.120. The smallest absolute Gasteiger partial charge is 0.334 e. The molecule has 0 saturated carbocycles. The molecule has 4 rings (SSSR count). The predicted octanol–water partition coefficient (Wildman–Crippen LogP) is 1.07. The SMILES string of the molecule is COc1ccccc1-n1c(=O)[nH]c2nc(NCC3CCCO3)ncc2c1=O. The summed E-state index contributed by atoms with van der Waals surface area (Å²) in [6, 6.07) is 6.81. The van der Waals surface area contributed by atoms with Crippen molar-refractivity contribution in [1.82, 2.24) is 19.5 Å². The van der Waals surface area contributed by atoms with Crippen LogP contribution >= 0.6 is 0 Å². The molecule has 1 unspecified atom stereocenters. The minimum Gasteiger partial charge on any atom is -0.495 e. The Balaban J connectivity index is 1.73. The predicted molar refractivity (Wildman–Crippen MR) is 99.8 cm³/mol. The Hall–Kier alpha value is -3.20. The van der Waals surface area contributed by atoms with Crippen molar-refractivity contribution < 1.29 is 9.47 Å². The van der Waals surface area contributed by atoms with Gasteiger partial charge in [0.2, 0.25) is 5.95 Å². The molecule has 0 spiro atoms. The van der Waals surface area contributed by atoms with E-state index in [2.05, 4.69) is 20.3 Å². The van der Waals surface area contributed by atoms with Gasteiger partial charge >= 0.3 is 5.69 Å². The molecule has 2 aromatic heterocycles. The number of anilines is 1. The standard InChI is InChI=1S/C18H19N5O4/c1-26-14-7-3-2-6-13(14)23-16(24)12-10-20-17(21-15(12)22-18(23)25)19-9-11-5-4-8-27-11/h2-3,6-7,10-11H,4-5,8-9H2,1H3,(H2,19,20,21,22,25). The Morgan fingerprint density at radius 1 is 1.37 bits per heavy atom. The number of para-hydroxylation sites is 2. The van der Waals surface area contributed by atoms with Gasteiger partial charge in [-0.2, -0.15) is 4.98 Å². The monoisotopic (exact) mass is 369 g/mol. The Kier molecular flexibility index (Phi) is 4.59. The Bertz CT molecular complexity index is 1090. The number of ether oxygens (including phenoxy) is 2. The molecule has 1 saturated heterocycles. The van der Waals surface area contributed by atoms with Crippen LogP contribution in [0.5, 0.6) is 5.75 Å². The molecule has 1 atom stereocenters. The summed E-state index contributed by atoms with van der Waals surface area (Å²) in [5, 5.41) is 3.30. The molecule has 9 heteroatoms. The van der Waals surface area contributed by atoms with Crippen LogP contribution in [0, 0.1) is 0 Å². The molecule has 1 aromatic carbocycles. The quantitative estimate of drug-likeness (QED) is 0.692. The molecule has 0 aliphatic carbocycles. The number of H-pyrrole nitrogens is 1.